The summed E-state index contributed by atoms with van der Waals surface area (Å²) in [6, 6.07) is 0. The highest BCUT2D eigenvalue weighted by Gasteiger charge is 2.16. The average molecular weight is 583 g/mol. The molecule has 244 valence electrons. The Bertz CT molecular complexity index is 550. The van der Waals surface area contributed by atoms with Crippen LogP contribution in [0.1, 0.15) is 200 Å². The number of aliphatic hydroxyl groups excluding tert-OH is 1. The molecule has 0 amide bonds. The molecule has 5 nitrogen and oxygen atoms in total. The summed E-state index contributed by atoms with van der Waals surface area (Å²) in [5, 5.41) is 9.51. The van der Waals surface area contributed by atoms with Gasteiger partial charge < -0.3 is 14.6 Å². The monoisotopic (exact) mass is 583 g/mol. The standard InChI is InChI=1S/C36H70O5/c1-3-5-7-9-11-13-15-17-18-19-21-23-25-27-29-31-36(39)41-34(32-37)33-40-35(38)30-28-26-24-22-20-16-14-12-10-8-6-4-2/h34,37H,3-33H2,1-2H3. The van der Waals surface area contributed by atoms with Crippen molar-refractivity contribution in [3.63, 3.8) is 0 Å². The minimum atomic E-state index is -0.759. The van der Waals surface area contributed by atoms with E-state index in [1.807, 2.05) is 0 Å². The quantitative estimate of drug-likeness (QED) is 0.0615. The molecule has 41 heavy (non-hydrogen) atoms. The van der Waals surface area contributed by atoms with Gasteiger partial charge in [-0.1, -0.05) is 174 Å². The fraction of sp³-hybridized carbons (Fsp3) is 0.944. The molecule has 0 aliphatic heterocycles. The first-order valence-corrected chi connectivity index (χ1v) is 18.1. The fourth-order valence-corrected chi connectivity index (χ4v) is 5.38. The van der Waals surface area contributed by atoms with Gasteiger partial charge in [-0.3, -0.25) is 9.59 Å². The van der Waals surface area contributed by atoms with Gasteiger partial charge in [-0.05, 0) is 12.8 Å². The summed E-state index contributed by atoms with van der Waals surface area (Å²) in [5.41, 5.74) is 0. The predicted molar refractivity (Wildman–Crippen MR) is 173 cm³/mol. The lowest BCUT2D eigenvalue weighted by Crippen LogP contribution is -2.28. The molecular weight excluding hydrogens is 512 g/mol. The normalized spacial score (nSPS) is 12.0. The van der Waals surface area contributed by atoms with Crippen molar-refractivity contribution < 1.29 is 24.2 Å². The highest BCUT2D eigenvalue weighted by molar-refractivity contribution is 5.70. The van der Waals surface area contributed by atoms with Gasteiger partial charge >= 0.3 is 11.9 Å². The molecule has 0 aromatic heterocycles. The van der Waals surface area contributed by atoms with Crippen LogP contribution >= 0.6 is 0 Å². The van der Waals surface area contributed by atoms with E-state index in [-0.39, 0.29) is 25.2 Å². The Morgan fingerprint density at radius 1 is 0.463 bits per heavy atom. The second-order valence-corrected chi connectivity index (χ2v) is 12.3. The molecule has 5 heteroatoms. The van der Waals surface area contributed by atoms with E-state index in [2.05, 4.69) is 13.8 Å². The van der Waals surface area contributed by atoms with E-state index >= 15 is 0 Å². The van der Waals surface area contributed by atoms with Crippen molar-refractivity contribution in [1.29, 1.82) is 0 Å². The Kier molecular flexibility index (Phi) is 32.5. The molecule has 1 unspecified atom stereocenters. The van der Waals surface area contributed by atoms with Crippen LogP contribution in [-0.2, 0) is 19.1 Å². The second kappa shape index (κ2) is 33.4. The topological polar surface area (TPSA) is 72.8 Å². The van der Waals surface area contributed by atoms with E-state index in [4.69, 9.17) is 9.47 Å². The van der Waals surface area contributed by atoms with Crippen LogP contribution in [-0.4, -0.2) is 36.4 Å². The molecule has 0 spiro atoms. The molecule has 0 aliphatic carbocycles. The highest BCUT2D eigenvalue weighted by atomic mass is 16.6. The first kappa shape index (κ1) is 39.9. The van der Waals surface area contributed by atoms with E-state index < -0.39 is 6.10 Å². The van der Waals surface area contributed by atoms with Crippen molar-refractivity contribution >= 4 is 11.9 Å². The zero-order valence-corrected chi connectivity index (χ0v) is 27.6. The maximum absolute atomic E-state index is 12.1. The number of esters is 2. The lowest BCUT2D eigenvalue weighted by Gasteiger charge is -2.15. The third-order valence-electron chi connectivity index (χ3n) is 8.15. The molecule has 0 fully saturated rings. The molecule has 1 atom stereocenters. The molecule has 1 N–H and O–H groups in total. The first-order valence-electron chi connectivity index (χ1n) is 18.1. The maximum atomic E-state index is 12.1. The van der Waals surface area contributed by atoms with Crippen molar-refractivity contribution in [3.05, 3.63) is 0 Å². The van der Waals surface area contributed by atoms with Gasteiger partial charge in [-0.2, -0.15) is 0 Å². The largest absolute Gasteiger partial charge is 0.462 e. The van der Waals surface area contributed by atoms with E-state index in [1.54, 1.807) is 0 Å². The Hall–Kier alpha value is -1.10. The van der Waals surface area contributed by atoms with Gasteiger partial charge in [-0.15, -0.1) is 0 Å². The summed E-state index contributed by atoms with van der Waals surface area (Å²) in [5.74, 6) is -0.579. The Morgan fingerprint density at radius 2 is 0.756 bits per heavy atom. The molecule has 0 bridgehead atoms. The third-order valence-corrected chi connectivity index (χ3v) is 8.15. The summed E-state index contributed by atoms with van der Waals surface area (Å²) >= 11 is 0. The van der Waals surface area contributed by atoms with Crippen molar-refractivity contribution in [2.45, 2.75) is 206 Å². The zero-order valence-electron chi connectivity index (χ0n) is 27.6. The van der Waals surface area contributed by atoms with Gasteiger partial charge in [-0.25, -0.2) is 0 Å². The molecule has 0 aromatic rings. The minimum absolute atomic E-state index is 0.0574. The van der Waals surface area contributed by atoms with Gasteiger partial charge in [0.15, 0.2) is 6.10 Å². The summed E-state index contributed by atoms with van der Waals surface area (Å²) in [6.45, 7) is 4.14. The first-order chi connectivity index (χ1) is 20.1. The smallest absolute Gasteiger partial charge is 0.306 e. The van der Waals surface area contributed by atoms with Gasteiger partial charge in [0.1, 0.15) is 6.61 Å². The Morgan fingerprint density at radius 3 is 1.07 bits per heavy atom. The van der Waals surface area contributed by atoms with Crippen LogP contribution in [0.15, 0.2) is 0 Å². The van der Waals surface area contributed by atoms with Crippen LogP contribution in [0.2, 0.25) is 0 Å². The molecule has 0 saturated carbocycles. The minimum Gasteiger partial charge on any atom is -0.462 e. The van der Waals surface area contributed by atoms with E-state index in [0.29, 0.717) is 12.8 Å². The molecular formula is C36H70O5. The molecule has 0 aromatic carbocycles. The maximum Gasteiger partial charge on any atom is 0.306 e. The van der Waals surface area contributed by atoms with Crippen LogP contribution in [0.5, 0.6) is 0 Å². The van der Waals surface area contributed by atoms with Gasteiger partial charge in [0.25, 0.3) is 0 Å². The molecule has 0 heterocycles. The highest BCUT2D eigenvalue weighted by Crippen LogP contribution is 2.15. The van der Waals surface area contributed by atoms with Crippen LogP contribution < -0.4 is 0 Å². The van der Waals surface area contributed by atoms with Crippen LogP contribution in [0, 0.1) is 0 Å². The number of carbonyl (C=O) groups excluding carboxylic acids is 2. The van der Waals surface area contributed by atoms with E-state index in [0.717, 1.165) is 32.1 Å². The summed E-state index contributed by atoms with van der Waals surface area (Å²) in [4.78, 5) is 24.1. The van der Waals surface area contributed by atoms with Gasteiger partial charge in [0, 0.05) is 12.8 Å². The van der Waals surface area contributed by atoms with E-state index in [9.17, 15) is 14.7 Å². The van der Waals surface area contributed by atoms with Gasteiger partial charge in [0.2, 0.25) is 0 Å². The Balaban J connectivity index is 3.51. The van der Waals surface area contributed by atoms with Crippen molar-refractivity contribution in [3.8, 4) is 0 Å². The molecule has 0 rings (SSSR count). The van der Waals surface area contributed by atoms with Crippen molar-refractivity contribution in [2.75, 3.05) is 13.2 Å². The van der Waals surface area contributed by atoms with Gasteiger partial charge in [0.05, 0.1) is 6.61 Å². The van der Waals surface area contributed by atoms with Crippen molar-refractivity contribution in [2.24, 2.45) is 0 Å². The van der Waals surface area contributed by atoms with Crippen LogP contribution in [0.25, 0.3) is 0 Å². The number of aliphatic hydroxyl groups is 1. The molecule has 0 radical (unpaired) electrons. The summed E-state index contributed by atoms with van der Waals surface area (Å²) < 4.78 is 10.6. The fourth-order valence-electron chi connectivity index (χ4n) is 5.38. The number of hydrogen-bond donors (Lipinski definition) is 1. The summed E-state index contributed by atoms with van der Waals surface area (Å²) in [6.07, 6.45) is 34.4. The summed E-state index contributed by atoms with van der Waals surface area (Å²) in [7, 11) is 0. The SMILES string of the molecule is CCCCCCCCCCCCCCCCCC(=O)OC(CO)COC(=O)CCCCCCCCCCCCCC. The molecule has 0 saturated heterocycles. The number of rotatable bonds is 33. The van der Waals surface area contributed by atoms with Crippen LogP contribution in [0.3, 0.4) is 0 Å². The number of ether oxygens (including phenoxy) is 2. The average Bonchev–Trinajstić information content (AvgIpc) is 2.97. The second-order valence-electron chi connectivity index (χ2n) is 12.3. The molecule has 0 aliphatic rings. The van der Waals surface area contributed by atoms with E-state index in [1.165, 1.54) is 141 Å². The predicted octanol–water partition coefficient (Wildman–Crippen LogP) is 10.8. The Labute approximate surface area is 255 Å². The van der Waals surface area contributed by atoms with Crippen LogP contribution in [0.4, 0.5) is 0 Å². The lowest BCUT2D eigenvalue weighted by molar-refractivity contribution is -0.161. The lowest BCUT2D eigenvalue weighted by atomic mass is 10.0. The number of hydrogen-bond acceptors (Lipinski definition) is 5. The van der Waals surface area contributed by atoms with Crippen molar-refractivity contribution in [1.82, 2.24) is 0 Å². The number of unbranched alkanes of at least 4 members (excludes halogenated alkanes) is 25. The number of carbonyl (C=O) groups is 2. The third kappa shape index (κ3) is 31.7. The zero-order chi connectivity index (χ0) is 30.1.